The lowest BCUT2D eigenvalue weighted by molar-refractivity contribution is -0.0210. The fraction of sp³-hybridized carbons (Fsp3) is 0.435. The lowest BCUT2D eigenvalue weighted by Crippen LogP contribution is -2.45. The van der Waals surface area contributed by atoms with Crippen LogP contribution in [-0.4, -0.2) is 58.2 Å². The van der Waals surface area contributed by atoms with Crippen LogP contribution >= 0.6 is 22.9 Å². The summed E-state index contributed by atoms with van der Waals surface area (Å²) in [5, 5.41) is 16.1. The number of likely N-dealkylation sites (tertiary alicyclic amines) is 1. The van der Waals surface area contributed by atoms with Crippen LogP contribution < -0.4 is 5.32 Å². The van der Waals surface area contributed by atoms with Gasteiger partial charge in [-0.2, -0.15) is 0 Å². The van der Waals surface area contributed by atoms with E-state index in [0.717, 1.165) is 40.2 Å². The van der Waals surface area contributed by atoms with E-state index in [1.807, 2.05) is 24.0 Å². The van der Waals surface area contributed by atoms with E-state index in [9.17, 15) is 9.90 Å². The first-order chi connectivity index (χ1) is 15.4. The summed E-state index contributed by atoms with van der Waals surface area (Å²) < 4.78 is 5.46. The summed E-state index contributed by atoms with van der Waals surface area (Å²) in [6.07, 6.45) is 3.44. The second kappa shape index (κ2) is 8.59. The SMILES string of the molecule is Cc1c(C(=O)N2CCC(O)(c3ccc(Cl)cc3)CC2)sc2ncnc(N[C@H]3CCOC3)c12. The molecule has 2 saturated heterocycles. The lowest BCUT2D eigenvalue weighted by Gasteiger charge is -2.38. The zero-order valence-electron chi connectivity index (χ0n) is 17.8. The highest BCUT2D eigenvalue weighted by Gasteiger charge is 2.36. The number of nitrogens with one attached hydrogen (secondary N) is 1. The second-order valence-electron chi connectivity index (χ2n) is 8.49. The van der Waals surface area contributed by atoms with Gasteiger partial charge in [0.25, 0.3) is 5.91 Å². The zero-order chi connectivity index (χ0) is 22.3. The maximum atomic E-state index is 13.4. The van der Waals surface area contributed by atoms with Crippen molar-refractivity contribution in [2.75, 3.05) is 31.6 Å². The molecule has 4 heterocycles. The summed E-state index contributed by atoms with van der Waals surface area (Å²) in [5.74, 6) is 0.743. The van der Waals surface area contributed by atoms with Crippen molar-refractivity contribution in [3.8, 4) is 0 Å². The maximum Gasteiger partial charge on any atom is 0.264 e. The molecule has 1 atom stereocenters. The van der Waals surface area contributed by atoms with Gasteiger partial charge in [0.2, 0.25) is 0 Å². The first-order valence-corrected chi connectivity index (χ1v) is 12.0. The topological polar surface area (TPSA) is 87.6 Å². The fourth-order valence-electron chi connectivity index (χ4n) is 4.50. The third-order valence-corrected chi connectivity index (χ3v) is 7.89. The van der Waals surface area contributed by atoms with Gasteiger partial charge in [-0.3, -0.25) is 4.79 Å². The summed E-state index contributed by atoms with van der Waals surface area (Å²) in [7, 11) is 0. The Bertz CT molecular complexity index is 1140. The molecule has 5 rings (SSSR count). The van der Waals surface area contributed by atoms with Gasteiger partial charge in [0.15, 0.2) is 0 Å². The number of aryl methyl sites for hydroxylation is 1. The molecule has 0 radical (unpaired) electrons. The number of piperidine rings is 1. The van der Waals surface area contributed by atoms with Crippen LogP contribution in [0.25, 0.3) is 10.2 Å². The number of carbonyl (C=O) groups is 1. The number of nitrogens with zero attached hydrogens (tertiary/aromatic N) is 3. The smallest absolute Gasteiger partial charge is 0.264 e. The van der Waals surface area contributed by atoms with Crippen LogP contribution in [0, 0.1) is 6.92 Å². The van der Waals surface area contributed by atoms with Crippen LogP contribution in [0.2, 0.25) is 5.02 Å². The van der Waals surface area contributed by atoms with Crippen LogP contribution in [0.1, 0.15) is 40.1 Å². The second-order valence-corrected chi connectivity index (χ2v) is 9.93. The number of benzene rings is 1. The van der Waals surface area contributed by atoms with Gasteiger partial charge < -0.3 is 20.1 Å². The standard InChI is InChI=1S/C23H25ClN4O3S/c1-14-18-20(27-17-6-11-31-12-17)25-13-26-21(18)32-19(14)22(29)28-9-7-23(30,8-10-28)15-2-4-16(24)5-3-15/h2-5,13,17,30H,6-12H2,1H3,(H,25,26,27)/t17-/m0/s1. The number of rotatable bonds is 4. The van der Waals surface area contributed by atoms with Crippen molar-refractivity contribution in [1.82, 2.24) is 14.9 Å². The number of fused-ring (bicyclic) bond motifs is 1. The molecule has 2 aromatic heterocycles. The molecule has 9 heteroatoms. The minimum atomic E-state index is -0.942. The van der Waals surface area contributed by atoms with Crippen LogP contribution in [0.5, 0.6) is 0 Å². The quantitative estimate of drug-likeness (QED) is 0.597. The summed E-state index contributed by atoms with van der Waals surface area (Å²) in [6, 6.07) is 7.52. The van der Waals surface area contributed by atoms with E-state index in [1.165, 1.54) is 17.7 Å². The number of thiophene rings is 1. The predicted octanol–water partition coefficient (Wildman–Crippen LogP) is 3.98. The third-order valence-electron chi connectivity index (χ3n) is 6.45. The van der Waals surface area contributed by atoms with E-state index in [0.29, 0.717) is 42.4 Å². The molecule has 7 nitrogen and oxygen atoms in total. The van der Waals surface area contributed by atoms with Crippen molar-refractivity contribution in [1.29, 1.82) is 0 Å². The number of ether oxygens (including phenoxy) is 1. The van der Waals surface area contributed by atoms with Crippen molar-refractivity contribution in [3.63, 3.8) is 0 Å². The van der Waals surface area contributed by atoms with E-state index in [4.69, 9.17) is 16.3 Å². The van der Waals surface area contributed by atoms with E-state index in [-0.39, 0.29) is 11.9 Å². The average molecular weight is 473 g/mol. The molecule has 3 aromatic rings. The number of aromatic nitrogens is 2. The monoisotopic (exact) mass is 472 g/mol. The fourth-order valence-corrected chi connectivity index (χ4v) is 5.74. The van der Waals surface area contributed by atoms with Crippen molar-refractivity contribution >= 4 is 44.9 Å². The minimum Gasteiger partial charge on any atom is -0.385 e. The van der Waals surface area contributed by atoms with Gasteiger partial charge in [-0.25, -0.2) is 9.97 Å². The van der Waals surface area contributed by atoms with Crippen molar-refractivity contribution < 1.29 is 14.6 Å². The number of hydrogen-bond donors (Lipinski definition) is 2. The minimum absolute atomic E-state index is 0.0150. The molecule has 32 heavy (non-hydrogen) atoms. The molecule has 0 bridgehead atoms. The molecular weight excluding hydrogens is 448 g/mol. The number of aliphatic hydroxyl groups is 1. The first kappa shape index (κ1) is 21.6. The molecule has 2 aliphatic rings. The average Bonchev–Trinajstić information content (AvgIpc) is 3.42. The van der Waals surface area contributed by atoms with Crippen LogP contribution in [-0.2, 0) is 10.3 Å². The first-order valence-electron chi connectivity index (χ1n) is 10.8. The molecule has 0 spiro atoms. The zero-order valence-corrected chi connectivity index (χ0v) is 19.4. The van der Waals surface area contributed by atoms with Crippen molar-refractivity contribution in [2.24, 2.45) is 0 Å². The summed E-state index contributed by atoms with van der Waals surface area (Å²) >= 11 is 7.39. The maximum absolute atomic E-state index is 13.4. The molecule has 2 N–H and O–H groups in total. The summed E-state index contributed by atoms with van der Waals surface area (Å²) in [6.45, 7) is 4.34. The molecule has 1 aromatic carbocycles. The van der Waals surface area contributed by atoms with Crippen molar-refractivity contribution in [2.45, 2.75) is 37.8 Å². The molecule has 2 aliphatic heterocycles. The normalized spacial score (nSPS) is 20.6. The Morgan fingerprint density at radius 2 is 2.03 bits per heavy atom. The number of hydrogen-bond acceptors (Lipinski definition) is 7. The van der Waals surface area contributed by atoms with Gasteiger partial charge in [-0.1, -0.05) is 23.7 Å². The highest BCUT2D eigenvalue weighted by atomic mass is 35.5. The summed E-state index contributed by atoms with van der Waals surface area (Å²) in [5.41, 5.74) is 0.798. The van der Waals surface area contributed by atoms with E-state index < -0.39 is 5.60 Å². The Labute approximate surface area is 195 Å². The van der Waals surface area contributed by atoms with E-state index >= 15 is 0 Å². The molecular formula is C23H25ClN4O3S. The Balaban J connectivity index is 1.35. The van der Waals surface area contributed by atoms with Gasteiger partial charge in [0, 0.05) is 24.7 Å². The third kappa shape index (κ3) is 3.96. The van der Waals surface area contributed by atoms with Crippen LogP contribution in [0.15, 0.2) is 30.6 Å². The highest BCUT2D eigenvalue weighted by molar-refractivity contribution is 7.20. The van der Waals surface area contributed by atoms with Gasteiger partial charge in [0.1, 0.15) is 17.0 Å². The van der Waals surface area contributed by atoms with Crippen LogP contribution in [0.4, 0.5) is 5.82 Å². The molecule has 168 valence electrons. The van der Waals surface area contributed by atoms with Gasteiger partial charge >= 0.3 is 0 Å². The summed E-state index contributed by atoms with van der Waals surface area (Å²) in [4.78, 5) is 25.5. The predicted molar refractivity (Wildman–Crippen MR) is 125 cm³/mol. The molecule has 0 unspecified atom stereocenters. The van der Waals surface area contributed by atoms with Crippen molar-refractivity contribution in [3.05, 3.63) is 51.6 Å². The molecule has 0 aliphatic carbocycles. The van der Waals surface area contributed by atoms with E-state index in [2.05, 4.69) is 15.3 Å². The van der Waals surface area contributed by atoms with Gasteiger partial charge in [0.05, 0.1) is 28.5 Å². The van der Waals surface area contributed by atoms with Crippen LogP contribution in [0.3, 0.4) is 0 Å². The van der Waals surface area contributed by atoms with Gasteiger partial charge in [-0.15, -0.1) is 11.3 Å². The number of amides is 1. The largest absolute Gasteiger partial charge is 0.385 e. The highest BCUT2D eigenvalue weighted by Crippen LogP contribution is 2.37. The number of carbonyl (C=O) groups excluding carboxylic acids is 1. The molecule has 0 saturated carbocycles. The number of anilines is 1. The lowest BCUT2D eigenvalue weighted by atomic mass is 9.84. The Morgan fingerprint density at radius 1 is 1.28 bits per heavy atom. The van der Waals surface area contributed by atoms with Gasteiger partial charge in [-0.05, 0) is 49.4 Å². The Kier molecular flexibility index (Phi) is 5.79. The molecule has 1 amide bonds. The Morgan fingerprint density at radius 3 is 2.72 bits per heavy atom. The number of halogens is 1. The molecule has 2 fully saturated rings. The van der Waals surface area contributed by atoms with E-state index in [1.54, 1.807) is 12.1 Å². The Hall–Kier alpha value is -2.26.